The second-order valence-electron chi connectivity index (χ2n) is 5.78. The van der Waals surface area contributed by atoms with E-state index in [-0.39, 0.29) is 18.1 Å². The van der Waals surface area contributed by atoms with E-state index in [1.807, 2.05) is 0 Å². The number of benzene rings is 3. The van der Waals surface area contributed by atoms with Gasteiger partial charge in [0.1, 0.15) is 23.3 Å². The first-order chi connectivity index (χ1) is 14.0. The number of nitrogens with zero attached hydrogens (tertiary/aromatic N) is 2. The van der Waals surface area contributed by atoms with E-state index in [1.54, 1.807) is 49.4 Å². The molecule has 0 bridgehead atoms. The molecule has 0 aliphatic carbocycles. The molecule has 0 unspecified atom stereocenters. The smallest absolute Gasteiger partial charge is 0.205 e. The Morgan fingerprint density at radius 3 is 2.07 bits per heavy atom. The van der Waals surface area contributed by atoms with Crippen molar-refractivity contribution in [1.82, 2.24) is 0 Å². The first-order valence-electron chi connectivity index (χ1n) is 8.53. The van der Waals surface area contributed by atoms with Crippen molar-refractivity contribution in [2.45, 2.75) is 6.92 Å². The lowest BCUT2D eigenvalue weighted by molar-refractivity contribution is 0.313. The van der Waals surface area contributed by atoms with E-state index in [0.29, 0.717) is 11.1 Å². The Bertz CT molecular complexity index is 1150. The van der Waals surface area contributed by atoms with Gasteiger partial charge in [-0.2, -0.15) is 14.9 Å². The fourth-order valence-electron chi connectivity index (χ4n) is 2.78. The van der Waals surface area contributed by atoms with Crippen molar-refractivity contribution in [3.63, 3.8) is 0 Å². The van der Waals surface area contributed by atoms with Crippen LogP contribution in [0.5, 0.6) is 17.2 Å². The maximum atomic E-state index is 14.8. The Hall–Kier alpha value is -3.97. The molecule has 3 aromatic carbocycles. The van der Waals surface area contributed by atoms with Gasteiger partial charge < -0.3 is 9.47 Å². The van der Waals surface area contributed by atoms with Crippen molar-refractivity contribution in [3.05, 3.63) is 77.1 Å². The van der Waals surface area contributed by atoms with E-state index in [0.717, 1.165) is 0 Å². The molecule has 0 aliphatic heterocycles. The Kier molecular flexibility index (Phi) is 5.71. The van der Waals surface area contributed by atoms with Crippen LogP contribution in [-0.4, -0.2) is 6.61 Å². The predicted octanol–water partition coefficient (Wildman–Crippen LogP) is 5.71. The van der Waals surface area contributed by atoms with E-state index in [9.17, 15) is 13.2 Å². The standard InChI is InChI=1S/C22H13F3N2O2/c1-2-28-17-10-6-9-14(13-7-4-3-5-8-13)21(17)29-22-19(24)16(12-27)15(11-26)18(23)20(22)25/h3-10H,2H2,1H3. The van der Waals surface area contributed by atoms with Crippen LogP contribution in [0.2, 0.25) is 0 Å². The van der Waals surface area contributed by atoms with Crippen molar-refractivity contribution in [2.24, 2.45) is 0 Å². The highest BCUT2D eigenvalue weighted by Crippen LogP contribution is 2.43. The van der Waals surface area contributed by atoms with Gasteiger partial charge in [0.25, 0.3) is 0 Å². The monoisotopic (exact) mass is 394 g/mol. The quantitative estimate of drug-likeness (QED) is 0.520. The molecule has 3 rings (SSSR count). The van der Waals surface area contributed by atoms with E-state index in [1.165, 1.54) is 18.2 Å². The van der Waals surface area contributed by atoms with E-state index in [4.69, 9.17) is 20.0 Å². The third-order valence-corrected chi connectivity index (χ3v) is 4.07. The summed E-state index contributed by atoms with van der Waals surface area (Å²) in [5, 5.41) is 18.0. The van der Waals surface area contributed by atoms with Crippen LogP contribution in [0.3, 0.4) is 0 Å². The van der Waals surface area contributed by atoms with Crippen molar-refractivity contribution in [3.8, 4) is 40.5 Å². The molecule has 0 amide bonds. The highest BCUT2D eigenvalue weighted by atomic mass is 19.2. The van der Waals surface area contributed by atoms with Gasteiger partial charge in [0, 0.05) is 5.56 Å². The molecule has 0 N–H and O–H groups in total. The summed E-state index contributed by atoms with van der Waals surface area (Å²) >= 11 is 0. The van der Waals surface area contributed by atoms with Gasteiger partial charge in [0.2, 0.25) is 11.6 Å². The van der Waals surface area contributed by atoms with Crippen LogP contribution in [-0.2, 0) is 0 Å². The Morgan fingerprint density at radius 2 is 1.45 bits per heavy atom. The molecule has 7 heteroatoms. The Balaban J connectivity index is 2.25. The lowest BCUT2D eigenvalue weighted by Crippen LogP contribution is -2.05. The van der Waals surface area contributed by atoms with Gasteiger partial charge >= 0.3 is 0 Å². The normalized spacial score (nSPS) is 10.1. The zero-order valence-corrected chi connectivity index (χ0v) is 15.2. The molecule has 0 aromatic heterocycles. The zero-order chi connectivity index (χ0) is 21.0. The topological polar surface area (TPSA) is 66.0 Å². The fraction of sp³-hybridized carbons (Fsp3) is 0.0909. The summed E-state index contributed by atoms with van der Waals surface area (Å²) in [7, 11) is 0. The number of hydrogen-bond acceptors (Lipinski definition) is 4. The third-order valence-electron chi connectivity index (χ3n) is 4.07. The van der Waals surface area contributed by atoms with Crippen LogP contribution in [0.1, 0.15) is 18.1 Å². The summed E-state index contributed by atoms with van der Waals surface area (Å²) in [6, 6.07) is 16.4. The maximum Gasteiger partial charge on any atom is 0.205 e. The molecule has 0 aliphatic rings. The highest BCUT2D eigenvalue weighted by Gasteiger charge is 2.28. The molecule has 3 aromatic rings. The van der Waals surface area contributed by atoms with Gasteiger partial charge in [0.05, 0.1) is 6.61 Å². The largest absolute Gasteiger partial charge is 0.490 e. The molecule has 0 heterocycles. The SMILES string of the molecule is CCOc1cccc(-c2ccccc2)c1Oc1c(F)c(F)c(C#N)c(C#N)c1F. The molecule has 144 valence electrons. The molecular weight excluding hydrogens is 381 g/mol. The van der Waals surface area contributed by atoms with Crippen LogP contribution >= 0.6 is 0 Å². The lowest BCUT2D eigenvalue weighted by atomic mass is 10.0. The summed E-state index contributed by atoms with van der Waals surface area (Å²) in [5.41, 5.74) is -0.842. The van der Waals surface area contributed by atoms with E-state index in [2.05, 4.69) is 0 Å². The second-order valence-corrected chi connectivity index (χ2v) is 5.78. The Morgan fingerprint density at radius 1 is 0.793 bits per heavy atom. The molecule has 0 fully saturated rings. The van der Waals surface area contributed by atoms with Gasteiger partial charge in [-0.3, -0.25) is 0 Å². The minimum Gasteiger partial charge on any atom is -0.490 e. The first-order valence-corrected chi connectivity index (χ1v) is 8.53. The van der Waals surface area contributed by atoms with Crippen LogP contribution in [0.25, 0.3) is 11.1 Å². The summed E-state index contributed by atoms with van der Waals surface area (Å²) in [6.45, 7) is 1.96. The number of nitriles is 2. The van der Waals surface area contributed by atoms with Crippen molar-refractivity contribution in [1.29, 1.82) is 10.5 Å². The summed E-state index contributed by atoms with van der Waals surface area (Å²) in [5.74, 6) is -5.82. The summed E-state index contributed by atoms with van der Waals surface area (Å²) in [4.78, 5) is 0. The van der Waals surface area contributed by atoms with Gasteiger partial charge in [0.15, 0.2) is 23.1 Å². The van der Waals surface area contributed by atoms with Crippen LogP contribution in [0.4, 0.5) is 13.2 Å². The first kappa shape index (κ1) is 19.8. The van der Waals surface area contributed by atoms with E-state index >= 15 is 0 Å². The van der Waals surface area contributed by atoms with Gasteiger partial charge in [-0.1, -0.05) is 42.5 Å². The zero-order valence-electron chi connectivity index (χ0n) is 15.2. The summed E-state index contributed by atoms with van der Waals surface area (Å²) in [6.07, 6.45) is 0. The van der Waals surface area contributed by atoms with Crippen molar-refractivity contribution < 1.29 is 22.6 Å². The van der Waals surface area contributed by atoms with Gasteiger partial charge in [-0.25, -0.2) is 8.78 Å². The number of para-hydroxylation sites is 1. The maximum absolute atomic E-state index is 14.8. The highest BCUT2D eigenvalue weighted by molar-refractivity contribution is 5.74. The Labute approximate surface area is 165 Å². The van der Waals surface area contributed by atoms with Crippen LogP contribution < -0.4 is 9.47 Å². The molecule has 0 atom stereocenters. The molecule has 29 heavy (non-hydrogen) atoms. The van der Waals surface area contributed by atoms with Gasteiger partial charge in [-0.05, 0) is 18.6 Å². The van der Waals surface area contributed by atoms with Crippen molar-refractivity contribution >= 4 is 0 Å². The number of hydrogen-bond donors (Lipinski definition) is 0. The number of ether oxygens (including phenoxy) is 2. The number of halogens is 3. The molecule has 0 saturated heterocycles. The average Bonchev–Trinajstić information content (AvgIpc) is 2.75. The van der Waals surface area contributed by atoms with Crippen LogP contribution in [0.15, 0.2) is 48.5 Å². The average molecular weight is 394 g/mol. The predicted molar refractivity (Wildman–Crippen MR) is 98.9 cm³/mol. The fourth-order valence-corrected chi connectivity index (χ4v) is 2.78. The third kappa shape index (κ3) is 3.59. The van der Waals surface area contributed by atoms with E-state index < -0.39 is 34.3 Å². The second kappa shape index (κ2) is 8.37. The lowest BCUT2D eigenvalue weighted by Gasteiger charge is -2.17. The van der Waals surface area contributed by atoms with Crippen LogP contribution in [0, 0.1) is 40.1 Å². The minimum absolute atomic E-state index is 0.0497. The molecule has 0 saturated carbocycles. The minimum atomic E-state index is -1.71. The summed E-state index contributed by atoms with van der Waals surface area (Å²) < 4.78 is 54.5. The van der Waals surface area contributed by atoms with Crippen molar-refractivity contribution in [2.75, 3.05) is 6.61 Å². The molecule has 0 spiro atoms. The molecule has 4 nitrogen and oxygen atoms in total. The molecular formula is C22H13F3N2O2. The molecule has 0 radical (unpaired) electrons. The number of rotatable bonds is 5. The van der Waals surface area contributed by atoms with Gasteiger partial charge in [-0.15, -0.1) is 0 Å².